The van der Waals surface area contributed by atoms with Crippen molar-refractivity contribution in [3.05, 3.63) is 24.3 Å². The Kier molecular flexibility index (Phi) is 4.44. The van der Waals surface area contributed by atoms with E-state index in [2.05, 4.69) is 14.7 Å². The summed E-state index contributed by atoms with van der Waals surface area (Å²) in [5.41, 5.74) is 6.27. The number of nitrogens with zero attached hydrogens (tertiary/aromatic N) is 4. The van der Waals surface area contributed by atoms with Gasteiger partial charge in [0.05, 0.1) is 12.2 Å². The van der Waals surface area contributed by atoms with Crippen LogP contribution in [0.1, 0.15) is 30.6 Å². The number of aromatic nitrogens is 3. The van der Waals surface area contributed by atoms with Gasteiger partial charge in [-0.25, -0.2) is 9.97 Å². The van der Waals surface area contributed by atoms with Crippen molar-refractivity contribution in [2.75, 3.05) is 25.4 Å². The molecular formula is C19H19F6N5O. The van der Waals surface area contributed by atoms with Gasteiger partial charge < -0.3 is 15.0 Å². The van der Waals surface area contributed by atoms with Crippen LogP contribution >= 0.6 is 0 Å². The van der Waals surface area contributed by atoms with E-state index in [0.717, 1.165) is 24.7 Å². The molecule has 1 saturated heterocycles. The molecule has 6 nitrogen and oxygen atoms in total. The molecule has 168 valence electrons. The molecular weight excluding hydrogens is 428 g/mol. The maximum absolute atomic E-state index is 12.7. The largest absolute Gasteiger partial charge is 0.573 e. The molecule has 0 amide bonds. The monoisotopic (exact) mass is 447 g/mol. The second-order valence-electron chi connectivity index (χ2n) is 8.45. The molecule has 3 atom stereocenters. The number of nitrogens with two attached hydrogens (primary N) is 1. The Morgan fingerprint density at radius 3 is 2.35 bits per heavy atom. The summed E-state index contributed by atoms with van der Waals surface area (Å²) in [6, 6.07) is 1.21. The number of imidazole rings is 1. The second-order valence-corrected chi connectivity index (χ2v) is 8.45. The van der Waals surface area contributed by atoms with Crippen molar-refractivity contribution in [1.29, 1.82) is 0 Å². The highest BCUT2D eigenvalue weighted by atomic mass is 19.4. The molecule has 2 saturated carbocycles. The lowest BCUT2D eigenvalue weighted by molar-refractivity contribution is -0.274. The lowest BCUT2D eigenvalue weighted by atomic mass is 10.2. The van der Waals surface area contributed by atoms with Gasteiger partial charge in [0.1, 0.15) is 5.82 Å². The molecule has 0 aromatic carbocycles. The molecule has 0 radical (unpaired) electrons. The van der Waals surface area contributed by atoms with Crippen LogP contribution in [0.15, 0.2) is 18.5 Å². The number of alkyl halides is 6. The quantitative estimate of drug-likeness (QED) is 0.703. The number of hydrogen-bond donors (Lipinski definition) is 1. The van der Waals surface area contributed by atoms with Gasteiger partial charge >= 0.3 is 12.5 Å². The summed E-state index contributed by atoms with van der Waals surface area (Å²) >= 11 is 0. The molecule has 1 aliphatic heterocycles. The first-order valence-electron chi connectivity index (χ1n) is 9.88. The van der Waals surface area contributed by atoms with E-state index in [1.165, 1.54) is 11.1 Å². The third kappa shape index (κ3) is 4.17. The van der Waals surface area contributed by atoms with Crippen molar-refractivity contribution >= 4 is 5.82 Å². The van der Waals surface area contributed by atoms with E-state index in [4.69, 9.17) is 5.73 Å². The van der Waals surface area contributed by atoms with Gasteiger partial charge in [-0.3, -0.25) is 4.90 Å². The zero-order valence-corrected chi connectivity index (χ0v) is 16.1. The summed E-state index contributed by atoms with van der Waals surface area (Å²) in [5, 5.41) is 0. The molecule has 0 bridgehead atoms. The molecule has 0 unspecified atom stereocenters. The molecule has 2 aromatic rings. The van der Waals surface area contributed by atoms with Gasteiger partial charge in [-0.05, 0) is 30.7 Å². The highest BCUT2D eigenvalue weighted by Gasteiger charge is 2.58. The van der Waals surface area contributed by atoms with Gasteiger partial charge in [0.25, 0.3) is 0 Å². The number of hydrogen-bond acceptors (Lipinski definition) is 5. The Hall–Kier alpha value is -2.50. The number of pyridine rings is 1. The van der Waals surface area contributed by atoms with Crippen molar-refractivity contribution in [3.63, 3.8) is 0 Å². The highest BCUT2D eigenvalue weighted by Crippen LogP contribution is 2.57. The average molecular weight is 447 g/mol. The molecule has 2 N–H and O–H groups in total. The summed E-state index contributed by atoms with van der Waals surface area (Å²) in [6.07, 6.45) is -4.11. The second kappa shape index (κ2) is 6.75. The Morgan fingerprint density at radius 2 is 1.77 bits per heavy atom. The molecule has 2 aromatic heterocycles. The fourth-order valence-corrected chi connectivity index (χ4v) is 4.61. The van der Waals surface area contributed by atoms with Crippen molar-refractivity contribution in [2.24, 2.45) is 11.8 Å². The van der Waals surface area contributed by atoms with Gasteiger partial charge in [-0.1, -0.05) is 0 Å². The van der Waals surface area contributed by atoms with Crippen LogP contribution in [0.3, 0.4) is 0 Å². The number of rotatable bonds is 5. The number of anilines is 1. The van der Waals surface area contributed by atoms with Crippen molar-refractivity contribution in [1.82, 2.24) is 19.4 Å². The summed E-state index contributed by atoms with van der Waals surface area (Å²) < 4.78 is 81.8. The van der Waals surface area contributed by atoms with Crippen LogP contribution in [-0.2, 0) is 0 Å². The Labute approximate surface area is 173 Å². The normalized spacial score (nSPS) is 26.2. The molecule has 5 rings (SSSR count). The van der Waals surface area contributed by atoms with E-state index in [0.29, 0.717) is 24.3 Å². The number of nitrogen functional groups attached to an aromatic ring is 1. The minimum absolute atomic E-state index is 0.0639. The van der Waals surface area contributed by atoms with Crippen LogP contribution < -0.4 is 10.5 Å². The fraction of sp³-hybridized carbons (Fsp3) is 0.579. The predicted molar refractivity (Wildman–Crippen MR) is 97.0 cm³/mol. The average Bonchev–Trinajstić information content (AvgIpc) is 3.50. The predicted octanol–water partition coefficient (Wildman–Crippen LogP) is 3.97. The van der Waals surface area contributed by atoms with Crippen LogP contribution in [0, 0.1) is 11.8 Å². The number of fused-ring (bicyclic) bond motifs is 1. The fourth-order valence-electron chi connectivity index (χ4n) is 4.61. The first kappa shape index (κ1) is 20.4. The van der Waals surface area contributed by atoms with Crippen molar-refractivity contribution < 1.29 is 31.1 Å². The Balaban J connectivity index is 1.38. The van der Waals surface area contributed by atoms with Gasteiger partial charge in [-0.15, -0.1) is 13.2 Å². The van der Waals surface area contributed by atoms with E-state index in [9.17, 15) is 26.3 Å². The van der Waals surface area contributed by atoms with Crippen LogP contribution in [0.25, 0.3) is 11.3 Å². The minimum Gasteiger partial charge on any atom is -0.402 e. The number of likely N-dealkylation sites (tertiary alicyclic amines) is 1. The molecule has 12 heteroatoms. The molecule has 0 spiro atoms. The van der Waals surface area contributed by atoms with Crippen LogP contribution in [0.5, 0.6) is 5.75 Å². The standard InChI is InChI=1S/C19H19F6N5O/c20-18(21,22)8-29-5-11-12(6-29)15(11)30-7-13(28-17(30)9-1-2-9)10-3-14(16(26)27-4-10)31-19(23,24)25/h3-4,7,9,11-12,15H,1-2,5-6,8H2,(H2,26,27)/t11-,12+,15+. The molecule has 3 fully saturated rings. The summed E-state index contributed by atoms with van der Waals surface area (Å²) in [7, 11) is 0. The van der Waals surface area contributed by atoms with Crippen molar-refractivity contribution in [3.8, 4) is 17.0 Å². The van der Waals surface area contributed by atoms with Gasteiger partial charge in [0, 0.05) is 43.0 Å². The summed E-state index contributed by atoms with van der Waals surface area (Å²) in [5.74, 6) is 0.343. The van der Waals surface area contributed by atoms with E-state index in [-0.39, 0.29) is 29.6 Å². The molecule has 31 heavy (non-hydrogen) atoms. The molecule has 3 aliphatic rings. The number of halogens is 6. The Bertz CT molecular complexity index is 987. The van der Waals surface area contributed by atoms with E-state index in [1.807, 2.05) is 4.57 Å². The van der Waals surface area contributed by atoms with E-state index < -0.39 is 24.8 Å². The maximum Gasteiger partial charge on any atom is 0.573 e. The van der Waals surface area contributed by atoms with E-state index >= 15 is 0 Å². The lowest BCUT2D eigenvalue weighted by Crippen LogP contribution is -2.34. The maximum atomic E-state index is 12.7. The smallest absolute Gasteiger partial charge is 0.402 e. The topological polar surface area (TPSA) is 69.2 Å². The number of piperidine rings is 1. The van der Waals surface area contributed by atoms with Crippen LogP contribution in [0.4, 0.5) is 32.2 Å². The lowest BCUT2D eigenvalue weighted by Gasteiger charge is -2.21. The summed E-state index contributed by atoms with van der Waals surface area (Å²) in [4.78, 5) is 9.84. The van der Waals surface area contributed by atoms with Crippen molar-refractivity contribution in [2.45, 2.75) is 37.3 Å². The van der Waals surface area contributed by atoms with Gasteiger partial charge in [-0.2, -0.15) is 13.2 Å². The highest BCUT2D eigenvalue weighted by molar-refractivity contribution is 5.64. The third-order valence-corrected chi connectivity index (χ3v) is 6.06. The summed E-state index contributed by atoms with van der Waals surface area (Å²) in [6.45, 7) is -0.157. The molecule has 3 heterocycles. The van der Waals surface area contributed by atoms with Crippen LogP contribution in [0.2, 0.25) is 0 Å². The first-order chi connectivity index (χ1) is 14.5. The minimum atomic E-state index is -4.90. The first-order valence-corrected chi connectivity index (χ1v) is 9.88. The van der Waals surface area contributed by atoms with Gasteiger partial charge in [0.2, 0.25) is 0 Å². The van der Waals surface area contributed by atoms with Crippen LogP contribution in [-0.4, -0.2) is 51.6 Å². The van der Waals surface area contributed by atoms with Gasteiger partial charge in [0.15, 0.2) is 11.6 Å². The molecule has 2 aliphatic carbocycles. The zero-order valence-electron chi connectivity index (χ0n) is 16.1. The number of ether oxygens (including phenoxy) is 1. The SMILES string of the molecule is Nc1ncc(-c2cn([C@H]3[C@@H]4CN(CC(F)(F)F)C[C@@H]43)c(C3CC3)n2)cc1OC(F)(F)F. The Morgan fingerprint density at radius 1 is 1.10 bits per heavy atom. The zero-order chi connectivity index (χ0) is 22.1. The third-order valence-electron chi connectivity index (χ3n) is 6.06. The van der Waals surface area contributed by atoms with E-state index in [1.54, 1.807) is 6.20 Å².